The van der Waals surface area contributed by atoms with Crippen molar-refractivity contribution in [2.75, 3.05) is 13.1 Å². The first kappa shape index (κ1) is 19.7. The number of rotatable bonds is 3. The number of carboxylic acids is 1. The molecule has 0 radical (unpaired) electrons. The van der Waals surface area contributed by atoms with Gasteiger partial charge >= 0.3 is 18.2 Å². The Balaban J connectivity index is 0.000000351. The van der Waals surface area contributed by atoms with Crippen molar-refractivity contribution in [3.05, 3.63) is 35.9 Å². The monoisotopic (exact) mass is 350 g/mol. The molecule has 0 saturated carbocycles. The van der Waals surface area contributed by atoms with Crippen molar-refractivity contribution in [2.24, 2.45) is 0 Å². The van der Waals surface area contributed by atoms with Gasteiger partial charge in [0.2, 0.25) is 0 Å². The van der Waals surface area contributed by atoms with E-state index in [1.54, 1.807) is 0 Å². The summed E-state index contributed by atoms with van der Waals surface area (Å²) in [6, 6.07) is 9.20. The third-order valence-corrected chi connectivity index (χ3v) is 2.94. The zero-order valence-corrected chi connectivity index (χ0v) is 12.4. The van der Waals surface area contributed by atoms with Gasteiger partial charge in [0.05, 0.1) is 12.1 Å². The maximum atomic E-state index is 11.4. The molecular weight excluding hydrogens is 333 g/mol. The molecule has 2 atom stereocenters. The summed E-state index contributed by atoms with van der Waals surface area (Å²) < 4.78 is 36.8. The molecule has 1 aromatic rings. The molecule has 2 rings (SSSR count). The van der Waals surface area contributed by atoms with Gasteiger partial charge in [-0.05, 0) is 5.56 Å². The van der Waals surface area contributed by atoms with Crippen LogP contribution in [-0.2, 0) is 16.1 Å². The minimum Gasteiger partial charge on any atom is -0.475 e. The molecule has 1 fully saturated rings. The molecule has 0 aromatic heterocycles. The second kappa shape index (κ2) is 9.08. The number of aliphatic carboxylic acids is 1. The number of alkyl halides is 3. The minimum atomic E-state index is -5.08. The van der Waals surface area contributed by atoms with Gasteiger partial charge in [-0.25, -0.2) is 9.59 Å². The molecule has 134 valence electrons. The molecule has 0 spiro atoms. The zero-order valence-electron chi connectivity index (χ0n) is 12.4. The quantitative estimate of drug-likeness (QED) is 0.645. The first-order valence-electron chi connectivity index (χ1n) is 6.86. The minimum absolute atomic E-state index is 0.239. The smallest absolute Gasteiger partial charge is 0.475 e. The van der Waals surface area contributed by atoms with Crippen LogP contribution >= 0.6 is 0 Å². The Bertz CT molecular complexity index is 539. The van der Waals surface area contributed by atoms with E-state index in [4.69, 9.17) is 14.6 Å². The summed E-state index contributed by atoms with van der Waals surface area (Å²) in [5, 5.41) is 22.2. The molecule has 1 saturated heterocycles. The Morgan fingerprint density at radius 3 is 2.29 bits per heavy atom. The number of carboxylic acid groups (broad SMARTS) is 1. The lowest BCUT2D eigenvalue weighted by Gasteiger charge is -2.15. The molecule has 7 nitrogen and oxygen atoms in total. The molecule has 1 aliphatic heterocycles. The van der Waals surface area contributed by atoms with E-state index in [2.05, 4.69) is 10.6 Å². The van der Waals surface area contributed by atoms with Crippen molar-refractivity contribution in [3.63, 3.8) is 0 Å². The fourth-order valence-corrected chi connectivity index (χ4v) is 1.73. The highest BCUT2D eigenvalue weighted by Crippen LogP contribution is 2.13. The Morgan fingerprint density at radius 2 is 1.83 bits per heavy atom. The third kappa shape index (κ3) is 7.29. The van der Waals surface area contributed by atoms with Crippen LogP contribution < -0.4 is 10.6 Å². The maximum Gasteiger partial charge on any atom is 0.490 e. The van der Waals surface area contributed by atoms with Gasteiger partial charge in [0.25, 0.3) is 0 Å². The molecule has 1 amide bonds. The van der Waals surface area contributed by atoms with Crippen LogP contribution in [0.2, 0.25) is 0 Å². The van der Waals surface area contributed by atoms with Gasteiger partial charge in [0.15, 0.2) is 0 Å². The van der Waals surface area contributed by atoms with Crippen LogP contribution in [0.5, 0.6) is 0 Å². The molecular formula is C14H17F3N2O5. The molecule has 24 heavy (non-hydrogen) atoms. The summed E-state index contributed by atoms with van der Waals surface area (Å²) in [5.41, 5.74) is 0.938. The Labute approximate surface area is 135 Å². The van der Waals surface area contributed by atoms with E-state index < -0.39 is 24.3 Å². The van der Waals surface area contributed by atoms with Gasteiger partial charge in [-0.3, -0.25) is 0 Å². The maximum absolute atomic E-state index is 11.4. The van der Waals surface area contributed by atoms with Crippen LogP contribution in [0, 0.1) is 0 Å². The highest BCUT2D eigenvalue weighted by molar-refractivity contribution is 5.73. The second-order valence-corrected chi connectivity index (χ2v) is 4.84. The van der Waals surface area contributed by atoms with Crippen molar-refractivity contribution < 1.29 is 37.7 Å². The number of hydrogen-bond acceptors (Lipinski definition) is 5. The van der Waals surface area contributed by atoms with Crippen LogP contribution in [0.25, 0.3) is 0 Å². The number of amides is 1. The summed E-state index contributed by atoms with van der Waals surface area (Å²) in [7, 11) is 0. The van der Waals surface area contributed by atoms with E-state index >= 15 is 0 Å². The van der Waals surface area contributed by atoms with Gasteiger partial charge in [0, 0.05) is 13.1 Å². The molecule has 1 aromatic carbocycles. The fraction of sp³-hybridized carbons (Fsp3) is 0.429. The largest absolute Gasteiger partial charge is 0.490 e. The number of nitrogens with one attached hydrogen (secondary N) is 2. The van der Waals surface area contributed by atoms with Crippen LogP contribution in [0.4, 0.5) is 18.0 Å². The molecule has 0 bridgehead atoms. The van der Waals surface area contributed by atoms with E-state index in [9.17, 15) is 23.1 Å². The highest BCUT2D eigenvalue weighted by Gasteiger charge is 2.38. The molecule has 10 heteroatoms. The number of β-amino-alcohol motifs (C(OH)–C–C–N with tert-alkyl or cyclic N) is 1. The van der Waals surface area contributed by atoms with Crippen molar-refractivity contribution in [3.8, 4) is 0 Å². The molecule has 1 heterocycles. The number of alkyl carbamates (subject to hydrolysis) is 1. The number of carbonyl (C=O) groups is 2. The van der Waals surface area contributed by atoms with Crippen LogP contribution in [0.1, 0.15) is 5.56 Å². The van der Waals surface area contributed by atoms with E-state index in [1.807, 2.05) is 30.3 Å². The van der Waals surface area contributed by atoms with Gasteiger partial charge in [-0.1, -0.05) is 30.3 Å². The second-order valence-electron chi connectivity index (χ2n) is 4.84. The van der Waals surface area contributed by atoms with Crippen molar-refractivity contribution in [1.82, 2.24) is 10.6 Å². The Kier molecular flexibility index (Phi) is 7.46. The van der Waals surface area contributed by atoms with E-state index in [-0.39, 0.29) is 12.6 Å². The lowest BCUT2D eigenvalue weighted by molar-refractivity contribution is -0.192. The van der Waals surface area contributed by atoms with Crippen molar-refractivity contribution in [1.29, 1.82) is 0 Å². The predicted molar refractivity (Wildman–Crippen MR) is 76.1 cm³/mol. The van der Waals surface area contributed by atoms with Crippen molar-refractivity contribution >= 4 is 12.1 Å². The molecule has 4 N–H and O–H groups in total. The lowest BCUT2D eigenvalue weighted by Crippen LogP contribution is -2.42. The Morgan fingerprint density at radius 1 is 1.25 bits per heavy atom. The topological polar surface area (TPSA) is 108 Å². The summed E-state index contributed by atoms with van der Waals surface area (Å²) in [4.78, 5) is 20.3. The van der Waals surface area contributed by atoms with Crippen LogP contribution in [0.15, 0.2) is 30.3 Å². The molecule has 1 aliphatic rings. The number of aliphatic hydroxyl groups excluding tert-OH is 1. The first-order valence-corrected chi connectivity index (χ1v) is 6.86. The SMILES string of the molecule is O=C(NC1CNCC1O)OCc1ccccc1.O=C(O)C(F)(F)F. The van der Waals surface area contributed by atoms with Crippen LogP contribution in [-0.4, -0.2) is 53.7 Å². The normalized spacial score (nSPS) is 19.8. The fourth-order valence-electron chi connectivity index (χ4n) is 1.73. The van der Waals surface area contributed by atoms with Crippen LogP contribution in [0.3, 0.4) is 0 Å². The summed E-state index contributed by atoms with van der Waals surface area (Å²) in [6.45, 7) is 1.31. The number of halogens is 3. The van der Waals surface area contributed by atoms with Gasteiger partial charge in [-0.15, -0.1) is 0 Å². The van der Waals surface area contributed by atoms with Gasteiger partial charge in [0.1, 0.15) is 6.61 Å². The number of carbonyl (C=O) groups excluding carboxylic acids is 1. The standard InChI is InChI=1S/C12H16N2O3.C2HF3O2/c15-11-7-13-6-10(11)14-12(16)17-8-9-4-2-1-3-5-9;3-2(4,5)1(6)7/h1-5,10-11,13,15H,6-8H2,(H,14,16);(H,6,7). The number of hydrogen-bond donors (Lipinski definition) is 4. The van der Waals surface area contributed by atoms with Gasteiger partial charge < -0.3 is 25.6 Å². The zero-order chi connectivity index (χ0) is 18.2. The average molecular weight is 350 g/mol. The molecule has 2 unspecified atom stereocenters. The predicted octanol–water partition coefficient (Wildman–Crippen LogP) is 0.879. The molecule has 0 aliphatic carbocycles. The van der Waals surface area contributed by atoms with Crippen molar-refractivity contribution in [2.45, 2.75) is 24.9 Å². The Hall–Kier alpha value is -2.33. The third-order valence-electron chi connectivity index (χ3n) is 2.94. The summed E-state index contributed by atoms with van der Waals surface area (Å²) >= 11 is 0. The average Bonchev–Trinajstić information content (AvgIpc) is 2.91. The van der Waals surface area contributed by atoms with Gasteiger partial charge in [-0.2, -0.15) is 13.2 Å². The number of benzene rings is 1. The number of aliphatic hydroxyl groups is 1. The van der Waals surface area contributed by atoms with E-state index in [0.717, 1.165) is 5.56 Å². The highest BCUT2D eigenvalue weighted by atomic mass is 19.4. The number of ether oxygens (including phenoxy) is 1. The van der Waals surface area contributed by atoms with E-state index in [0.29, 0.717) is 13.1 Å². The lowest BCUT2D eigenvalue weighted by atomic mass is 10.2. The first-order chi connectivity index (χ1) is 11.2. The summed E-state index contributed by atoms with van der Waals surface area (Å²) in [6.07, 6.45) is -6.12. The van der Waals surface area contributed by atoms with E-state index in [1.165, 1.54) is 0 Å². The summed E-state index contributed by atoms with van der Waals surface area (Å²) in [5.74, 6) is -2.76.